The Morgan fingerprint density at radius 1 is 1.00 bits per heavy atom. The molecule has 0 bridgehead atoms. The van der Waals surface area contributed by atoms with Gasteiger partial charge in [0.25, 0.3) is 0 Å². The van der Waals surface area contributed by atoms with Crippen LogP contribution in [0.15, 0.2) is 0 Å². The van der Waals surface area contributed by atoms with Crippen molar-refractivity contribution in [2.75, 3.05) is 0 Å². The van der Waals surface area contributed by atoms with Gasteiger partial charge in [-0.1, -0.05) is 0 Å². The molecule has 0 unspecified atom stereocenters. The second-order valence-corrected chi connectivity index (χ2v) is 0.346. The summed E-state index contributed by atoms with van der Waals surface area (Å²) in [6.45, 7) is 0. The first-order chi connectivity index (χ1) is 1.73. The molecule has 0 rings (SSSR count). The third kappa shape index (κ3) is 52.4. The molecule has 0 fully saturated rings. The minimum atomic E-state index is -2.17. The molecule has 6 heteroatoms. The van der Waals surface area contributed by atoms with Crippen LogP contribution in [-0.2, 0) is 0 Å². The van der Waals surface area contributed by atoms with Crippen LogP contribution in [0, 0.1) is 0 Å². The van der Waals surface area contributed by atoms with Gasteiger partial charge in [-0.05, 0) is 11.0 Å². The SMILES string of the molecule is OB(O)O.[CaH2].[SiH4]. The van der Waals surface area contributed by atoms with Crippen LogP contribution in [0.25, 0.3) is 0 Å². The van der Waals surface area contributed by atoms with Crippen molar-refractivity contribution in [3.05, 3.63) is 0 Å². The van der Waals surface area contributed by atoms with Crippen LogP contribution in [0.4, 0.5) is 0 Å². The maximum Gasteiger partial charge on any atom is -0.0149 e. The third-order valence-corrected chi connectivity index (χ3v) is 0. The molecule has 0 heterocycles. The average Bonchev–Trinajstić information content (AvgIpc) is 0.811. The Hall–Kier alpha value is 1.42. The van der Waals surface area contributed by atoms with Crippen LogP contribution in [-0.4, -0.2) is 71.1 Å². The smallest absolute Gasteiger partial charge is 0.0149 e. The van der Waals surface area contributed by atoms with Crippen molar-refractivity contribution in [3.63, 3.8) is 0 Å². The molecule has 0 spiro atoms. The van der Waals surface area contributed by atoms with Crippen molar-refractivity contribution >= 4 is 56.0 Å². The van der Waals surface area contributed by atoms with Crippen molar-refractivity contribution in [3.8, 4) is 0 Å². The Morgan fingerprint density at radius 3 is 1.00 bits per heavy atom. The standard InChI is InChI=1S/BH3O3.Ca.H4Si.2H/c2-1(3)4;;;;/h2-4H;;1H4;;. The van der Waals surface area contributed by atoms with E-state index in [2.05, 4.69) is 0 Å². The summed E-state index contributed by atoms with van der Waals surface area (Å²) in [7, 11) is -2.17. The molecular formula is H9BCaO3Si. The number of hydrogen-bond acceptors (Lipinski definition) is 3. The van der Waals surface area contributed by atoms with Crippen LogP contribution in [0.2, 0.25) is 0 Å². The zero-order chi connectivity index (χ0) is 3.58. The molecule has 0 saturated heterocycles. The average molecular weight is 136 g/mol. The van der Waals surface area contributed by atoms with E-state index in [0.29, 0.717) is 0 Å². The topological polar surface area (TPSA) is 60.7 Å². The van der Waals surface area contributed by atoms with Gasteiger partial charge in [0.2, 0.25) is 0 Å². The van der Waals surface area contributed by atoms with Crippen molar-refractivity contribution in [1.82, 2.24) is 0 Å². The van der Waals surface area contributed by atoms with E-state index in [9.17, 15) is 0 Å². The fourth-order valence-corrected chi connectivity index (χ4v) is 0. The number of hydrogen-bond donors (Lipinski definition) is 3. The first kappa shape index (κ1) is 15.7. The predicted octanol–water partition coefficient (Wildman–Crippen LogP) is -4.42. The van der Waals surface area contributed by atoms with E-state index in [4.69, 9.17) is 15.1 Å². The van der Waals surface area contributed by atoms with Crippen LogP contribution < -0.4 is 0 Å². The van der Waals surface area contributed by atoms with E-state index in [1.54, 1.807) is 0 Å². The summed E-state index contributed by atoms with van der Waals surface area (Å²) in [4.78, 5) is 0. The Labute approximate surface area is 70.6 Å². The van der Waals surface area contributed by atoms with E-state index in [0.717, 1.165) is 0 Å². The van der Waals surface area contributed by atoms with Crippen molar-refractivity contribution < 1.29 is 15.1 Å². The molecule has 0 atom stereocenters. The fourth-order valence-electron chi connectivity index (χ4n) is 0. The monoisotopic (exact) mass is 136 g/mol. The number of rotatable bonds is 0. The molecule has 0 aliphatic heterocycles. The Balaban J connectivity index is -0.0000000450. The molecule has 3 N–H and O–H groups in total. The summed E-state index contributed by atoms with van der Waals surface area (Å²) in [5, 5.41) is 21.5. The molecule has 6 heavy (non-hydrogen) atoms. The molecule has 3 nitrogen and oxygen atoms in total. The molecule has 36 valence electrons. The fraction of sp³-hybridized carbons (Fsp3) is 0. The molecule has 0 aromatic heterocycles. The third-order valence-electron chi connectivity index (χ3n) is 0. The maximum absolute atomic E-state index is 7.17. The molecule has 0 aromatic rings. The van der Waals surface area contributed by atoms with E-state index in [-0.39, 0.29) is 48.7 Å². The van der Waals surface area contributed by atoms with Gasteiger partial charge >= 0.3 is 45.1 Å². The molecule has 0 saturated carbocycles. The van der Waals surface area contributed by atoms with Crippen molar-refractivity contribution in [1.29, 1.82) is 0 Å². The van der Waals surface area contributed by atoms with Crippen molar-refractivity contribution in [2.24, 2.45) is 0 Å². The normalized spacial score (nSPS) is 4.50. The van der Waals surface area contributed by atoms with Crippen LogP contribution in [0.5, 0.6) is 0 Å². The summed E-state index contributed by atoms with van der Waals surface area (Å²) < 4.78 is 0. The summed E-state index contributed by atoms with van der Waals surface area (Å²) in [6, 6.07) is 0. The van der Waals surface area contributed by atoms with E-state index in [1.807, 2.05) is 0 Å². The second kappa shape index (κ2) is 9.65. The van der Waals surface area contributed by atoms with Gasteiger partial charge in [0.1, 0.15) is 0 Å². The molecule has 0 aliphatic carbocycles. The van der Waals surface area contributed by atoms with Gasteiger partial charge < -0.3 is 15.1 Å². The van der Waals surface area contributed by atoms with Crippen LogP contribution >= 0.6 is 0 Å². The van der Waals surface area contributed by atoms with Crippen molar-refractivity contribution in [2.45, 2.75) is 0 Å². The van der Waals surface area contributed by atoms with Crippen LogP contribution in [0.3, 0.4) is 0 Å². The zero-order valence-corrected chi connectivity index (χ0v) is 1.92. The maximum atomic E-state index is 7.17. The summed E-state index contributed by atoms with van der Waals surface area (Å²) >= 11 is 0. The molecule has 0 aromatic carbocycles. The quantitative estimate of drug-likeness (QED) is 0.294. The minimum Gasteiger partial charge on any atom is -0.0149 e. The molecular weight excluding hydrogens is 127 g/mol. The van der Waals surface area contributed by atoms with Gasteiger partial charge in [0, 0.05) is 0 Å². The van der Waals surface area contributed by atoms with E-state index in [1.165, 1.54) is 0 Å². The first-order valence-electron chi connectivity index (χ1n) is 0.775. The molecule has 0 aliphatic rings. The van der Waals surface area contributed by atoms with Gasteiger partial charge in [0.05, 0.1) is 0 Å². The van der Waals surface area contributed by atoms with Crippen LogP contribution in [0.1, 0.15) is 0 Å². The summed E-state index contributed by atoms with van der Waals surface area (Å²) in [6.07, 6.45) is 0. The first-order valence-corrected chi connectivity index (χ1v) is 0.775. The van der Waals surface area contributed by atoms with Gasteiger partial charge in [-0.15, -0.1) is 0 Å². The van der Waals surface area contributed by atoms with Gasteiger partial charge in [-0.3, -0.25) is 0 Å². The molecule has 0 radical (unpaired) electrons. The van der Waals surface area contributed by atoms with Gasteiger partial charge in [0.15, 0.2) is 0 Å². The summed E-state index contributed by atoms with van der Waals surface area (Å²) in [5.41, 5.74) is 0. The zero-order valence-electron chi connectivity index (χ0n) is 1.92. The molecule has 0 amide bonds. The Morgan fingerprint density at radius 2 is 1.00 bits per heavy atom. The second-order valence-electron chi connectivity index (χ2n) is 0.346. The summed E-state index contributed by atoms with van der Waals surface area (Å²) in [5.74, 6) is 0. The van der Waals surface area contributed by atoms with E-state index >= 15 is 0 Å². The largest absolute Gasteiger partial charge is 0.0149 e. The minimum absolute atomic E-state index is 0. The van der Waals surface area contributed by atoms with Gasteiger partial charge in [-0.25, -0.2) is 0 Å². The van der Waals surface area contributed by atoms with E-state index < -0.39 is 7.32 Å². The Kier molecular flexibility index (Phi) is 25.2. The predicted molar refractivity (Wildman–Crippen MR) is 32.3 cm³/mol. The van der Waals surface area contributed by atoms with Gasteiger partial charge in [-0.2, -0.15) is 0 Å². The Bertz CT molecular complexity index is 15.5.